The minimum absolute atomic E-state index is 0.241. The number of aromatic nitrogens is 2. The summed E-state index contributed by atoms with van der Waals surface area (Å²) in [5.74, 6) is -0.605. The monoisotopic (exact) mass is 368 g/mol. The molecule has 0 radical (unpaired) electrons. The summed E-state index contributed by atoms with van der Waals surface area (Å²) in [6.07, 6.45) is 4.26. The van der Waals surface area contributed by atoms with Crippen LogP contribution in [0.25, 0.3) is 16.6 Å². The number of nitrogens with zero attached hydrogens (tertiary/aromatic N) is 2. The van der Waals surface area contributed by atoms with E-state index in [1.54, 1.807) is 11.4 Å². The number of carbonyl (C=O) groups is 1. The molecule has 142 valence electrons. The summed E-state index contributed by atoms with van der Waals surface area (Å²) in [5.41, 5.74) is 8.73. The summed E-state index contributed by atoms with van der Waals surface area (Å²) < 4.78 is 16.0. The lowest BCUT2D eigenvalue weighted by atomic mass is 10.0. The molecule has 1 amide bonds. The van der Waals surface area contributed by atoms with Crippen molar-refractivity contribution in [2.24, 2.45) is 5.73 Å². The molecule has 6 heteroatoms. The van der Waals surface area contributed by atoms with Gasteiger partial charge in [-0.1, -0.05) is 31.2 Å². The third-order valence-electron chi connectivity index (χ3n) is 4.96. The number of amides is 1. The largest absolute Gasteiger partial charge is 0.377 e. The van der Waals surface area contributed by atoms with E-state index in [0.29, 0.717) is 11.2 Å². The Kier molecular flexibility index (Phi) is 4.91. The number of carbonyl (C=O) groups excluding carboxylic acids is 1. The molecule has 3 rings (SSSR count). The Bertz CT molecular complexity index is 988. The van der Waals surface area contributed by atoms with Crippen molar-refractivity contribution in [3.05, 3.63) is 53.9 Å². The van der Waals surface area contributed by atoms with Crippen molar-refractivity contribution in [2.75, 3.05) is 5.32 Å². The zero-order valence-electron chi connectivity index (χ0n) is 16.1. The van der Waals surface area contributed by atoms with Crippen molar-refractivity contribution < 1.29 is 9.18 Å². The number of hydrogen-bond donors (Lipinski definition) is 2. The van der Waals surface area contributed by atoms with E-state index in [1.807, 2.05) is 24.4 Å². The van der Waals surface area contributed by atoms with Crippen LogP contribution in [-0.4, -0.2) is 27.2 Å². The molecular formula is C21H25FN4O. The van der Waals surface area contributed by atoms with Gasteiger partial charge >= 0.3 is 0 Å². The zero-order chi connectivity index (χ0) is 19.8. The van der Waals surface area contributed by atoms with Crippen LogP contribution in [0.15, 0.2) is 42.7 Å². The first-order valence-electron chi connectivity index (χ1n) is 9.06. The van der Waals surface area contributed by atoms with Crippen LogP contribution in [0, 0.1) is 0 Å². The van der Waals surface area contributed by atoms with Gasteiger partial charge in [-0.25, -0.2) is 8.91 Å². The molecule has 0 aliphatic heterocycles. The molecule has 2 heterocycles. The van der Waals surface area contributed by atoms with E-state index in [4.69, 9.17) is 5.73 Å². The van der Waals surface area contributed by atoms with Gasteiger partial charge in [0.25, 0.3) is 5.91 Å². The van der Waals surface area contributed by atoms with Gasteiger partial charge in [-0.3, -0.25) is 4.79 Å². The van der Waals surface area contributed by atoms with Crippen LogP contribution in [0.3, 0.4) is 0 Å². The van der Waals surface area contributed by atoms with Gasteiger partial charge in [-0.2, -0.15) is 5.10 Å². The molecule has 1 atom stereocenters. The molecule has 3 N–H and O–H groups in total. The third kappa shape index (κ3) is 3.79. The normalized spacial score (nSPS) is 12.9. The maximum absolute atomic E-state index is 14.4. The average Bonchev–Trinajstić information content (AvgIpc) is 3.05. The van der Waals surface area contributed by atoms with Crippen LogP contribution < -0.4 is 11.1 Å². The SMILES string of the molecule is CCc1cccc(-c2cc3c(N[C@H](C)C(C)(C)F)c(C(N)=O)cnn3c2)c1. The number of rotatable bonds is 6. The number of halogens is 1. The van der Waals surface area contributed by atoms with Crippen LogP contribution in [0.4, 0.5) is 10.1 Å². The molecule has 5 nitrogen and oxygen atoms in total. The first kappa shape index (κ1) is 18.9. The maximum atomic E-state index is 14.4. The number of primary amides is 1. The highest BCUT2D eigenvalue weighted by molar-refractivity contribution is 6.02. The summed E-state index contributed by atoms with van der Waals surface area (Å²) >= 11 is 0. The van der Waals surface area contributed by atoms with Crippen LogP contribution in [0.2, 0.25) is 0 Å². The first-order valence-corrected chi connectivity index (χ1v) is 9.06. The third-order valence-corrected chi connectivity index (χ3v) is 4.96. The predicted molar refractivity (Wildman–Crippen MR) is 107 cm³/mol. The summed E-state index contributed by atoms with van der Waals surface area (Å²) in [6.45, 7) is 6.83. The smallest absolute Gasteiger partial charge is 0.252 e. The summed E-state index contributed by atoms with van der Waals surface area (Å²) in [4.78, 5) is 11.9. The van der Waals surface area contributed by atoms with E-state index >= 15 is 0 Å². The fourth-order valence-corrected chi connectivity index (χ4v) is 2.91. The quantitative estimate of drug-likeness (QED) is 0.684. The molecule has 3 aromatic rings. The Hall–Kier alpha value is -2.89. The van der Waals surface area contributed by atoms with Crippen molar-refractivity contribution >= 4 is 17.1 Å². The van der Waals surface area contributed by atoms with Gasteiger partial charge in [0.15, 0.2) is 0 Å². The number of nitrogens with one attached hydrogen (secondary N) is 1. The van der Waals surface area contributed by atoms with E-state index in [9.17, 15) is 9.18 Å². The predicted octanol–water partition coefficient (Wildman–Crippen LogP) is 4.21. The Morgan fingerprint density at radius 1 is 1.33 bits per heavy atom. The molecule has 0 bridgehead atoms. The molecule has 0 saturated carbocycles. The van der Waals surface area contributed by atoms with Crippen LogP contribution in [0.5, 0.6) is 0 Å². The van der Waals surface area contributed by atoms with Gasteiger partial charge < -0.3 is 11.1 Å². The van der Waals surface area contributed by atoms with E-state index in [0.717, 1.165) is 17.5 Å². The number of alkyl halides is 1. The molecule has 0 spiro atoms. The highest BCUT2D eigenvalue weighted by Gasteiger charge is 2.27. The van der Waals surface area contributed by atoms with E-state index in [1.165, 1.54) is 25.6 Å². The van der Waals surface area contributed by atoms with Crippen molar-refractivity contribution in [3.8, 4) is 11.1 Å². The average molecular weight is 368 g/mol. The lowest BCUT2D eigenvalue weighted by Gasteiger charge is -2.26. The molecule has 0 fully saturated rings. The second kappa shape index (κ2) is 7.02. The fourth-order valence-electron chi connectivity index (χ4n) is 2.91. The van der Waals surface area contributed by atoms with Crippen LogP contribution in [0.1, 0.15) is 43.6 Å². The minimum atomic E-state index is -1.47. The van der Waals surface area contributed by atoms with Crippen molar-refractivity contribution in [1.82, 2.24) is 9.61 Å². The van der Waals surface area contributed by atoms with Crippen molar-refractivity contribution in [3.63, 3.8) is 0 Å². The highest BCUT2D eigenvalue weighted by atomic mass is 19.1. The molecule has 1 aromatic carbocycles. The topological polar surface area (TPSA) is 72.4 Å². The molecule has 0 aliphatic rings. The Labute approximate surface area is 158 Å². The number of benzene rings is 1. The molecule has 27 heavy (non-hydrogen) atoms. The van der Waals surface area contributed by atoms with Gasteiger partial charge in [0.1, 0.15) is 5.67 Å². The maximum Gasteiger partial charge on any atom is 0.252 e. The second-order valence-electron chi connectivity index (χ2n) is 7.34. The highest BCUT2D eigenvalue weighted by Crippen LogP contribution is 2.30. The molecule has 0 saturated heterocycles. The number of aryl methyl sites for hydroxylation is 1. The number of anilines is 1. The van der Waals surface area contributed by atoms with Crippen LogP contribution in [-0.2, 0) is 6.42 Å². The van der Waals surface area contributed by atoms with Gasteiger partial charge in [-0.15, -0.1) is 0 Å². The Morgan fingerprint density at radius 2 is 2.07 bits per heavy atom. The van der Waals surface area contributed by atoms with E-state index < -0.39 is 17.6 Å². The second-order valence-corrected chi connectivity index (χ2v) is 7.34. The van der Waals surface area contributed by atoms with Gasteiger partial charge in [-0.05, 0) is 44.4 Å². The zero-order valence-corrected chi connectivity index (χ0v) is 16.1. The molecule has 0 aliphatic carbocycles. The van der Waals surface area contributed by atoms with Gasteiger partial charge in [0, 0.05) is 11.8 Å². The molecule has 2 aromatic heterocycles. The number of fused-ring (bicyclic) bond motifs is 1. The van der Waals surface area contributed by atoms with E-state index in [-0.39, 0.29) is 5.56 Å². The van der Waals surface area contributed by atoms with Gasteiger partial charge in [0.2, 0.25) is 0 Å². The summed E-state index contributed by atoms with van der Waals surface area (Å²) in [6, 6.07) is 9.68. The summed E-state index contributed by atoms with van der Waals surface area (Å²) in [5, 5.41) is 7.43. The van der Waals surface area contributed by atoms with E-state index in [2.05, 4.69) is 29.5 Å². The van der Waals surface area contributed by atoms with Crippen LogP contribution >= 0.6 is 0 Å². The lowest BCUT2D eigenvalue weighted by Crippen LogP contribution is -2.36. The molecular weight excluding hydrogens is 343 g/mol. The summed E-state index contributed by atoms with van der Waals surface area (Å²) in [7, 11) is 0. The first-order chi connectivity index (χ1) is 12.7. The molecule has 0 unspecified atom stereocenters. The fraction of sp³-hybridized carbons (Fsp3) is 0.333. The van der Waals surface area contributed by atoms with Crippen molar-refractivity contribution in [1.29, 1.82) is 0 Å². The number of hydrogen-bond acceptors (Lipinski definition) is 3. The Morgan fingerprint density at radius 3 is 2.70 bits per heavy atom. The number of nitrogens with two attached hydrogens (primary N) is 1. The van der Waals surface area contributed by atoms with Crippen molar-refractivity contribution in [2.45, 2.75) is 45.8 Å². The Balaban J connectivity index is 2.15. The minimum Gasteiger partial charge on any atom is -0.377 e. The van der Waals surface area contributed by atoms with Gasteiger partial charge in [0.05, 0.1) is 29.0 Å². The lowest BCUT2D eigenvalue weighted by molar-refractivity contribution is 0.1000. The standard InChI is InChI=1S/C21H25FN4O/c1-5-14-7-6-8-15(9-14)16-10-18-19(25-13(2)21(3,4)22)17(20(23)27)11-24-26(18)12-16/h6-13,25H,5H2,1-4H3,(H2,23,27)/t13-/m1/s1.